The summed E-state index contributed by atoms with van der Waals surface area (Å²) in [6.07, 6.45) is -2.85. The molecule has 0 radical (unpaired) electrons. The molecule has 6 nitrogen and oxygen atoms in total. The first kappa shape index (κ1) is 24.5. The van der Waals surface area contributed by atoms with Crippen LogP contribution >= 0.6 is 11.6 Å². The van der Waals surface area contributed by atoms with Crippen LogP contribution in [0.2, 0.25) is 5.15 Å². The number of hydrogen-bond donors (Lipinski definition) is 1. The molecule has 0 atom stereocenters. The van der Waals surface area contributed by atoms with Gasteiger partial charge in [0.05, 0.1) is 5.52 Å². The van der Waals surface area contributed by atoms with Gasteiger partial charge >= 0.3 is 12.3 Å². The van der Waals surface area contributed by atoms with E-state index < -0.39 is 24.4 Å². The molecule has 0 unspecified atom stereocenters. The van der Waals surface area contributed by atoms with Gasteiger partial charge in [-0.05, 0) is 45.0 Å². The number of aromatic nitrogens is 3. The Kier molecular flexibility index (Phi) is 7.54. The summed E-state index contributed by atoms with van der Waals surface area (Å²) in [4.78, 5) is 23.9. The fourth-order valence-corrected chi connectivity index (χ4v) is 2.78. The number of carbonyl (C=O) groups is 1. The van der Waals surface area contributed by atoms with Crippen molar-refractivity contribution in [1.82, 2.24) is 15.0 Å². The van der Waals surface area contributed by atoms with Crippen molar-refractivity contribution in [3.05, 3.63) is 41.8 Å². The summed E-state index contributed by atoms with van der Waals surface area (Å²) in [5.41, 5.74) is 0.918. The lowest BCUT2D eigenvalue weighted by Crippen LogP contribution is -2.42. The molecular weight excluding hydrogens is 433 g/mol. The number of ether oxygens (including phenoxy) is 1. The zero-order chi connectivity index (χ0) is 23.4. The van der Waals surface area contributed by atoms with E-state index in [-0.39, 0.29) is 5.82 Å². The molecule has 0 aliphatic rings. The van der Waals surface area contributed by atoms with E-state index in [1.807, 2.05) is 13.8 Å². The van der Waals surface area contributed by atoms with Gasteiger partial charge in [0.2, 0.25) is 0 Å². The fourth-order valence-electron chi connectivity index (χ4n) is 2.62. The monoisotopic (exact) mass is 456 g/mol. The summed E-state index contributed by atoms with van der Waals surface area (Å²) in [6.45, 7) is 7.20. The third-order valence-electron chi connectivity index (χ3n) is 3.75. The van der Waals surface area contributed by atoms with Gasteiger partial charge in [0.25, 0.3) is 0 Å². The normalized spacial score (nSPS) is 11.6. The largest absolute Gasteiger partial charge is 0.443 e. The second-order valence-corrected chi connectivity index (χ2v) is 7.75. The second-order valence-electron chi connectivity index (χ2n) is 7.36. The third-order valence-corrected chi connectivity index (χ3v) is 3.96. The van der Waals surface area contributed by atoms with Crippen molar-refractivity contribution in [3.63, 3.8) is 0 Å². The number of rotatable bonds is 3. The summed E-state index contributed by atoms with van der Waals surface area (Å²) < 4.78 is 44.4. The Labute approximate surface area is 183 Å². The van der Waals surface area contributed by atoms with Crippen molar-refractivity contribution < 1.29 is 22.7 Å². The van der Waals surface area contributed by atoms with Gasteiger partial charge in [-0.3, -0.25) is 4.90 Å². The van der Waals surface area contributed by atoms with Gasteiger partial charge in [-0.2, -0.15) is 13.2 Å². The minimum Gasteiger partial charge on any atom is -0.443 e. The van der Waals surface area contributed by atoms with Crippen LogP contribution in [0.15, 0.2) is 36.7 Å². The lowest BCUT2D eigenvalue weighted by atomic mass is 10.2. The molecule has 0 aliphatic heterocycles. The van der Waals surface area contributed by atoms with Crippen LogP contribution in [0.5, 0.6) is 0 Å². The molecule has 31 heavy (non-hydrogen) atoms. The van der Waals surface area contributed by atoms with Crippen molar-refractivity contribution in [1.29, 1.82) is 0 Å². The minimum atomic E-state index is -4.63. The Bertz CT molecular complexity index is 1050. The molecule has 0 aliphatic carbocycles. The van der Waals surface area contributed by atoms with E-state index in [0.29, 0.717) is 21.3 Å². The van der Waals surface area contributed by atoms with Crippen LogP contribution in [0.1, 0.15) is 34.6 Å². The van der Waals surface area contributed by atoms with Gasteiger partial charge in [0.1, 0.15) is 23.1 Å². The predicted octanol–water partition coefficient (Wildman–Crippen LogP) is 6.61. The Morgan fingerprint density at radius 3 is 2.45 bits per heavy atom. The van der Waals surface area contributed by atoms with E-state index in [0.717, 1.165) is 10.9 Å². The van der Waals surface area contributed by atoms with Crippen molar-refractivity contribution in [2.45, 2.75) is 46.4 Å². The maximum Gasteiger partial charge on any atom is 0.416 e. The first-order valence-corrected chi connectivity index (χ1v) is 9.97. The van der Waals surface area contributed by atoms with Gasteiger partial charge in [0.15, 0.2) is 0 Å². The van der Waals surface area contributed by atoms with Gasteiger partial charge in [-0.1, -0.05) is 25.4 Å². The molecule has 0 spiro atoms. The van der Waals surface area contributed by atoms with Crippen molar-refractivity contribution in [2.24, 2.45) is 0 Å². The van der Waals surface area contributed by atoms with E-state index in [4.69, 9.17) is 16.3 Å². The van der Waals surface area contributed by atoms with Crippen LogP contribution in [0.25, 0.3) is 22.2 Å². The van der Waals surface area contributed by atoms with Gasteiger partial charge in [-0.15, -0.1) is 0 Å². The number of carbonyl (C=O) groups excluding carboxylic acids is 1. The summed E-state index contributed by atoms with van der Waals surface area (Å²) in [7, 11) is 0. The Balaban J connectivity index is 0.00000166. The average Bonchev–Trinajstić information content (AvgIpc) is 3.09. The van der Waals surface area contributed by atoms with Crippen LogP contribution < -0.4 is 4.90 Å². The first-order valence-electron chi connectivity index (χ1n) is 9.59. The molecule has 0 saturated heterocycles. The number of H-pyrrole nitrogens is 1. The highest BCUT2D eigenvalue weighted by Crippen LogP contribution is 2.29. The van der Waals surface area contributed by atoms with Crippen molar-refractivity contribution in [3.8, 4) is 11.3 Å². The number of anilines is 1. The number of amides is 1. The lowest BCUT2D eigenvalue weighted by molar-refractivity contribution is -0.119. The summed E-state index contributed by atoms with van der Waals surface area (Å²) in [5, 5.41) is 1.09. The van der Waals surface area contributed by atoms with Gasteiger partial charge < -0.3 is 9.72 Å². The Morgan fingerprint density at radius 1 is 1.16 bits per heavy atom. The first-order chi connectivity index (χ1) is 14.4. The van der Waals surface area contributed by atoms with E-state index in [1.54, 1.807) is 45.2 Å². The van der Waals surface area contributed by atoms with Crippen LogP contribution in [0.4, 0.5) is 23.8 Å². The zero-order valence-corrected chi connectivity index (χ0v) is 18.6. The SMILES string of the molecule is CC.CC(C)(C)OC(=O)N(CC(F)(F)F)c1cc(-c2cc3cnc(Cl)cc3[nH]2)ccn1. The Hall–Kier alpha value is -2.81. The molecule has 1 N–H and O–H groups in total. The van der Waals surface area contributed by atoms with Crippen LogP contribution in [0, 0.1) is 0 Å². The summed E-state index contributed by atoms with van der Waals surface area (Å²) in [6, 6.07) is 6.41. The quantitative estimate of drug-likeness (QED) is 0.450. The number of nitrogens with zero attached hydrogens (tertiary/aromatic N) is 3. The topological polar surface area (TPSA) is 71.1 Å². The molecule has 10 heteroatoms. The molecule has 1 amide bonds. The molecule has 0 fully saturated rings. The molecule has 0 saturated carbocycles. The lowest BCUT2D eigenvalue weighted by Gasteiger charge is -2.27. The predicted molar refractivity (Wildman–Crippen MR) is 115 cm³/mol. The molecule has 3 aromatic heterocycles. The van der Waals surface area contributed by atoms with E-state index in [2.05, 4.69) is 15.0 Å². The molecule has 3 rings (SSSR count). The van der Waals surface area contributed by atoms with Gasteiger partial charge in [-0.25, -0.2) is 14.8 Å². The van der Waals surface area contributed by atoms with Crippen LogP contribution in [-0.4, -0.2) is 39.4 Å². The number of halogens is 4. The summed E-state index contributed by atoms with van der Waals surface area (Å²) >= 11 is 5.88. The standard InChI is InChI=1S/C19H18ClF3N4O2.C2H6/c1-18(2,3)29-17(28)27(10-19(21,22)23)16-7-11(4-5-24-16)13-6-12-9-25-15(20)8-14(12)26-13;1-2/h4-9,26H,10H2,1-3H3;1-2H3. The molecule has 0 bridgehead atoms. The molecule has 3 heterocycles. The van der Waals surface area contributed by atoms with E-state index >= 15 is 0 Å². The maximum atomic E-state index is 13.1. The molecule has 3 aromatic rings. The maximum absolute atomic E-state index is 13.1. The number of hydrogen-bond acceptors (Lipinski definition) is 4. The van der Waals surface area contributed by atoms with Crippen LogP contribution in [0.3, 0.4) is 0 Å². The molecule has 168 valence electrons. The number of aromatic amines is 1. The number of nitrogens with one attached hydrogen (secondary N) is 1. The van der Waals surface area contributed by atoms with Gasteiger partial charge in [0, 0.05) is 29.0 Å². The number of fused-ring (bicyclic) bond motifs is 1. The minimum absolute atomic E-state index is 0.177. The smallest absolute Gasteiger partial charge is 0.416 e. The van der Waals surface area contributed by atoms with E-state index in [1.165, 1.54) is 12.3 Å². The molecule has 0 aromatic carbocycles. The highest BCUT2D eigenvalue weighted by atomic mass is 35.5. The Morgan fingerprint density at radius 2 is 1.84 bits per heavy atom. The van der Waals surface area contributed by atoms with Crippen LogP contribution in [-0.2, 0) is 4.74 Å². The molecular formula is C21H24ClF3N4O2. The average molecular weight is 457 g/mol. The highest BCUT2D eigenvalue weighted by molar-refractivity contribution is 6.30. The number of alkyl halides is 3. The second kappa shape index (κ2) is 9.55. The fraction of sp³-hybridized carbons (Fsp3) is 0.381. The van der Waals surface area contributed by atoms with E-state index in [9.17, 15) is 18.0 Å². The van der Waals surface area contributed by atoms with Crippen molar-refractivity contribution >= 4 is 34.4 Å². The highest BCUT2D eigenvalue weighted by Gasteiger charge is 2.36. The third kappa shape index (κ3) is 6.85. The number of pyridine rings is 2. The van der Waals surface area contributed by atoms with Crippen molar-refractivity contribution in [2.75, 3.05) is 11.4 Å². The zero-order valence-electron chi connectivity index (χ0n) is 17.8. The summed E-state index contributed by atoms with van der Waals surface area (Å²) in [5.74, 6) is -0.177.